The maximum atomic E-state index is 15.4. The van der Waals surface area contributed by atoms with Crippen LogP contribution in [-0.2, 0) is 11.3 Å². The molecule has 26 heteroatoms. The van der Waals surface area contributed by atoms with E-state index in [4.69, 9.17) is 4.74 Å². The largest absolute Gasteiger partial charge is 0.454 e. The number of hydrogen-bond acceptors (Lipinski definition) is 4. The number of benzene rings is 5. The van der Waals surface area contributed by atoms with Gasteiger partial charge in [-0.05, 0) is 25.7 Å². The Kier molecular flexibility index (Phi) is 14.3. The highest BCUT2D eigenvalue weighted by Crippen LogP contribution is 2.31. The fourth-order valence-electron chi connectivity index (χ4n) is 7.66. The lowest BCUT2D eigenvalue weighted by molar-refractivity contribution is -0.686. The fraction of sp³-hybridized carbons (Fsp3) is 0.143. The molecule has 1 fully saturated rings. The average Bonchev–Trinajstić information content (AvgIpc) is 3.85. The Morgan fingerprint density at radius 1 is 0.485 bits per heavy atom. The molecule has 0 bridgehead atoms. The summed E-state index contributed by atoms with van der Waals surface area (Å²) < 4.78 is 301. The molecule has 1 saturated carbocycles. The van der Waals surface area contributed by atoms with Crippen LogP contribution in [0.3, 0.4) is 0 Å². The third-order valence-corrected chi connectivity index (χ3v) is 10.7. The maximum Gasteiger partial charge on any atom is 0.405 e. The molecule has 0 spiro atoms. The van der Waals surface area contributed by atoms with E-state index in [9.17, 15) is 62.3 Å². The Balaban J connectivity index is 0.000000276. The fourth-order valence-corrected chi connectivity index (χ4v) is 7.66. The molecule has 6 aromatic rings. The van der Waals surface area contributed by atoms with Gasteiger partial charge in [0.1, 0.15) is 65.0 Å². The quantitative estimate of drug-likeness (QED) is 0.0279. The Morgan fingerprint density at radius 3 is 1.12 bits per heavy atom. The second-order valence-electron chi connectivity index (χ2n) is 14.5. The second-order valence-corrected chi connectivity index (χ2v) is 14.5. The van der Waals surface area contributed by atoms with Crippen LogP contribution >= 0.6 is 0 Å². The first-order chi connectivity index (χ1) is 31.9. The van der Waals surface area contributed by atoms with E-state index >= 15 is 35.1 Å². The lowest BCUT2D eigenvalue weighted by Gasteiger charge is -2.44. The zero-order valence-electron chi connectivity index (χ0n) is 33.0. The van der Waals surface area contributed by atoms with E-state index in [1.807, 2.05) is 18.2 Å². The van der Waals surface area contributed by atoms with Crippen LogP contribution in [0.15, 0.2) is 48.9 Å². The van der Waals surface area contributed by atoms with Gasteiger partial charge in [0, 0.05) is 5.56 Å². The normalized spacial score (nSPS) is 12.9. The van der Waals surface area contributed by atoms with Crippen LogP contribution in [0.25, 0.3) is 0 Å². The number of ketones is 1. The molecule has 5 nitrogen and oxygen atoms in total. The molecule has 5 aromatic carbocycles. The summed E-state index contributed by atoms with van der Waals surface area (Å²) in [6, 6.07) is 9.03. The van der Waals surface area contributed by atoms with Gasteiger partial charge in [0.2, 0.25) is 12.3 Å². The molecule has 68 heavy (non-hydrogen) atoms. The minimum absolute atomic E-state index is 0.0130. The molecule has 358 valence electrons. The first-order valence-corrected chi connectivity index (χ1v) is 18.8. The van der Waals surface area contributed by atoms with Gasteiger partial charge in [-0.3, -0.25) is 9.78 Å². The Hall–Kier alpha value is -7.02. The van der Waals surface area contributed by atoms with Gasteiger partial charge >= 0.3 is 11.7 Å². The molecule has 7 rings (SSSR count). The average molecular weight is 990 g/mol. The van der Waals surface area contributed by atoms with E-state index in [1.54, 1.807) is 29.1 Å². The number of ether oxygens (including phenoxy) is 1. The summed E-state index contributed by atoms with van der Waals surface area (Å²) >= 11 is 0. The number of esters is 1. The van der Waals surface area contributed by atoms with E-state index in [0.717, 1.165) is 25.7 Å². The summed E-state index contributed by atoms with van der Waals surface area (Å²) in [5.41, 5.74) is -13.4. The van der Waals surface area contributed by atoms with Crippen LogP contribution in [0.1, 0.15) is 46.5 Å². The van der Waals surface area contributed by atoms with Gasteiger partial charge < -0.3 is 4.74 Å². The van der Waals surface area contributed by atoms with E-state index in [2.05, 4.69) is 4.98 Å². The summed E-state index contributed by atoms with van der Waals surface area (Å²) in [4.78, 5) is 28.7. The number of Topliss-reactive ketones (excluding diaryl/α,β-unsaturated/α-hetero) is 1. The Morgan fingerprint density at radius 2 is 0.794 bits per heavy atom. The minimum Gasteiger partial charge on any atom is -0.454 e. The van der Waals surface area contributed by atoms with Gasteiger partial charge in [-0.25, -0.2) is 92.6 Å². The van der Waals surface area contributed by atoms with Crippen molar-refractivity contribution in [1.29, 1.82) is 0 Å². The second kappa shape index (κ2) is 19.3. The number of carbonyl (C=O) groups is 2. The van der Waals surface area contributed by atoms with Crippen molar-refractivity contribution in [2.24, 2.45) is 0 Å². The van der Waals surface area contributed by atoms with Gasteiger partial charge in [0.05, 0.1) is 6.20 Å². The molecule has 0 atom stereocenters. The zero-order chi connectivity index (χ0) is 50.4. The molecular weight excluding hydrogens is 971 g/mol. The van der Waals surface area contributed by atoms with Crippen LogP contribution in [-0.4, -0.2) is 29.0 Å². The van der Waals surface area contributed by atoms with E-state index in [0.29, 0.717) is 11.3 Å². The molecule has 1 aromatic heterocycles. The number of aromatic nitrogens is 2. The van der Waals surface area contributed by atoms with Gasteiger partial charge in [-0.1, -0.05) is 30.3 Å². The molecule has 0 saturated heterocycles. The van der Waals surface area contributed by atoms with Gasteiger partial charge in [-0.2, -0.15) is 4.57 Å². The lowest BCUT2D eigenvalue weighted by atomic mass is 9.12. The van der Waals surface area contributed by atoms with E-state index in [-0.39, 0.29) is 18.4 Å². The molecule has 1 aliphatic rings. The predicted molar refractivity (Wildman–Crippen MR) is 192 cm³/mol. The Bertz CT molecular complexity index is 2640. The van der Waals surface area contributed by atoms with Gasteiger partial charge in [-0.15, -0.1) is 21.9 Å². The van der Waals surface area contributed by atoms with Crippen molar-refractivity contribution < 1.29 is 107 Å². The standard InChI is InChI=1S/C24BF20.C18H19N2O3/c26-5-1(6(27)14(35)21(42)13(5)34)25(2-7(28)15(36)22(43)16(37)8(2)29,3-9(30)17(38)23(44)18(39)10(3)31)4-11(32)19(40)24(45)20(41)12(4)33;21-17(14-6-2-1-3-7-14)13-20-11-10-19-12-16(20)18(22)23-15-8-4-5-9-15/h;1-3,6-7,10-12,15H,4-5,8-9,13H2/q-1;+1. The van der Waals surface area contributed by atoms with E-state index < -0.39 is 150 Å². The van der Waals surface area contributed by atoms with Crippen molar-refractivity contribution in [3.63, 3.8) is 0 Å². The van der Waals surface area contributed by atoms with Crippen molar-refractivity contribution in [3.05, 3.63) is 177 Å². The number of nitrogens with zero attached hydrogens (tertiary/aromatic N) is 2. The first kappa shape index (κ1) is 50.4. The van der Waals surface area contributed by atoms with Crippen LogP contribution in [0, 0.1) is 116 Å². The predicted octanol–water partition coefficient (Wildman–Crippen LogP) is 8.20. The smallest absolute Gasteiger partial charge is 0.405 e. The van der Waals surface area contributed by atoms with Crippen LogP contribution in [0.2, 0.25) is 0 Å². The zero-order valence-corrected chi connectivity index (χ0v) is 33.0. The number of halogens is 20. The summed E-state index contributed by atoms with van der Waals surface area (Å²) in [6.45, 7) is 0.0850. The topological polar surface area (TPSA) is 60.1 Å². The monoisotopic (exact) mass is 990 g/mol. The van der Waals surface area contributed by atoms with Crippen molar-refractivity contribution in [3.8, 4) is 0 Å². The van der Waals surface area contributed by atoms with Crippen LogP contribution < -0.4 is 26.4 Å². The van der Waals surface area contributed by atoms with Crippen molar-refractivity contribution in [1.82, 2.24) is 4.98 Å². The highest BCUT2D eigenvalue weighted by atomic mass is 19.2. The summed E-state index contributed by atoms with van der Waals surface area (Å²) in [5, 5.41) is 0. The van der Waals surface area contributed by atoms with Crippen molar-refractivity contribution in [2.45, 2.75) is 38.3 Å². The minimum atomic E-state index is -7.22. The molecule has 0 N–H and O–H groups in total. The van der Waals surface area contributed by atoms with Gasteiger partial charge in [0.25, 0.3) is 0 Å². The number of rotatable bonds is 9. The molecule has 0 aliphatic heterocycles. The molecule has 0 radical (unpaired) electrons. The highest BCUT2D eigenvalue weighted by Gasteiger charge is 2.52. The van der Waals surface area contributed by atoms with Crippen LogP contribution in [0.4, 0.5) is 87.8 Å². The van der Waals surface area contributed by atoms with Crippen molar-refractivity contribution in [2.75, 3.05) is 0 Å². The third-order valence-electron chi connectivity index (χ3n) is 10.7. The highest BCUT2D eigenvalue weighted by molar-refractivity contribution is 7.20. The number of carbonyl (C=O) groups excluding carboxylic acids is 2. The summed E-state index contributed by atoms with van der Waals surface area (Å²) in [7, 11) is 0. The molecular formula is C42H19BF20N2O3. The van der Waals surface area contributed by atoms with Crippen LogP contribution in [0.5, 0.6) is 0 Å². The SMILES string of the molecule is Fc1c(F)c(F)c([B-](c2c(F)c(F)c(F)c(F)c2F)(c2c(F)c(F)c(F)c(F)c2F)c2c(F)c(F)c(F)c(F)c2F)c(F)c1F.O=C(C[n+]1ccncc1C(=O)OC1CCCC1)c1ccccc1. The van der Waals surface area contributed by atoms with Crippen molar-refractivity contribution >= 4 is 39.7 Å². The third kappa shape index (κ3) is 8.26. The summed E-state index contributed by atoms with van der Waals surface area (Å²) in [6.07, 6.45) is 1.43. The Labute approximate surface area is 366 Å². The van der Waals surface area contributed by atoms with Gasteiger partial charge in [0.15, 0.2) is 76.0 Å². The summed E-state index contributed by atoms with van der Waals surface area (Å²) in [5.74, 6) is -71.9. The first-order valence-electron chi connectivity index (χ1n) is 18.8. The molecule has 0 unspecified atom stereocenters. The number of hydrogen-bond donors (Lipinski definition) is 0. The maximum absolute atomic E-state index is 15.4. The lowest BCUT2D eigenvalue weighted by Crippen LogP contribution is -2.81. The van der Waals surface area contributed by atoms with E-state index in [1.165, 1.54) is 6.20 Å². The molecule has 0 amide bonds. The molecule has 1 aliphatic carbocycles. The molecule has 1 heterocycles.